The van der Waals surface area contributed by atoms with E-state index < -0.39 is 0 Å². The number of nitrogens with one attached hydrogen (secondary N) is 2. The summed E-state index contributed by atoms with van der Waals surface area (Å²) in [4.78, 5) is 13.9. The largest absolute Gasteiger partial charge is 0.342 e. The zero-order valence-electron chi connectivity index (χ0n) is 10.5. The van der Waals surface area contributed by atoms with Crippen LogP contribution >= 0.6 is 0 Å². The molecule has 2 unspecified atom stereocenters. The Kier molecular flexibility index (Phi) is 3.36. The van der Waals surface area contributed by atoms with Gasteiger partial charge in [-0.2, -0.15) is 5.26 Å². The Balaban J connectivity index is 1.94. The Bertz CT molecular complexity index is 347. The molecule has 5 heteroatoms. The van der Waals surface area contributed by atoms with Crippen LogP contribution < -0.4 is 10.6 Å². The summed E-state index contributed by atoms with van der Waals surface area (Å²) in [5.74, 6) is 1.24. The van der Waals surface area contributed by atoms with Crippen molar-refractivity contribution in [3.8, 4) is 6.07 Å². The lowest BCUT2D eigenvalue weighted by Gasteiger charge is -2.35. The van der Waals surface area contributed by atoms with Gasteiger partial charge in [-0.1, -0.05) is 0 Å². The van der Waals surface area contributed by atoms with Gasteiger partial charge in [-0.25, -0.2) is 0 Å². The van der Waals surface area contributed by atoms with Crippen molar-refractivity contribution in [2.75, 3.05) is 32.7 Å². The van der Waals surface area contributed by atoms with Crippen molar-refractivity contribution >= 4 is 5.91 Å². The molecule has 94 valence electrons. The van der Waals surface area contributed by atoms with Gasteiger partial charge in [0.25, 0.3) is 0 Å². The molecule has 2 saturated heterocycles. The molecule has 2 fully saturated rings. The lowest BCUT2D eigenvalue weighted by molar-refractivity contribution is -0.123. The molecule has 0 saturated carbocycles. The van der Waals surface area contributed by atoms with Crippen molar-refractivity contribution in [3.05, 3.63) is 0 Å². The molecule has 0 bridgehead atoms. The summed E-state index contributed by atoms with van der Waals surface area (Å²) < 4.78 is 0. The number of hydrogen-bond acceptors (Lipinski definition) is 4. The van der Waals surface area contributed by atoms with Crippen LogP contribution in [0.4, 0.5) is 0 Å². The van der Waals surface area contributed by atoms with E-state index in [1.807, 2.05) is 6.07 Å². The molecule has 1 amide bonds. The highest BCUT2D eigenvalue weighted by Gasteiger charge is 2.49. The highest BCUT2D eigenvalue weighted by molar-refractivity contribution is 5.78. The fraction of sp³-hybridized carbons (Fsp3) is 0.833. The fourth-order valence-electron chi connectivity index (χ4n) is 3.14. The summed E-state index contributed by atoms with van der Waals surface area (Å²) in [6.07, 6.45) is 0. The van der Waals surface area contributed by atoms with Crippen molar-refractivity contribution in [1.29, 1.82) is 5.26 Å². The SMILES string of the molecule is CC1(C)C2CNCC2CN1CC(=O)NCC#N. The quantitative estimate of drug-likeness (QED) is 0.652. The molecule has 17 heavy (non-hydrogen) atoms. The van der Waals surface area contributed by atoms with E-state index in [1.165, 1.54) is 0 Å². The predicted octanol–water partition coefficient (Wildman–Crippen LogP) is -0.444. The van der Waals surface area contributed by atoms with Crippen LogP contribution in [-0.2, 0) is 4.79 Å². The normalized spacial score (nSPS) is 30.9. The average molecular weight is 236 g/mol. The minimum atomic E-state index is -0.0486. The number of likely N-dealkylation sites (tertiary alicyclic amines) is 1. The standard InChI is InChI=1S/C12H20N4O/c1-12(2)10-6-14-5-9(10)7-16(12)8-11(17)15-4-3-13/h9-10,14H,4-8H2,1-2H3,(H,15,17). The minimum absolute atomic E-state index is 0.0486. The van der Waals surface area contributed by atoms with Crippen molar-refractivity contribution in [2.24, 2.45) is 11.8 Å². The van der Waals surface area contributed by atoms with Gasteiger partial charge < -0.3 is 10.6 Å². The van der Waals surface area contributed by atoms with Gasteiger partial charge in [0.2, 0.25) is 5.91 Å². The molecule has 0 aromatic rings. The van der Waals surface area contributed by atoms with Crippen LogP contribution in [0.25, 0.3) is 0 Å². The third-order valence-electron chi connectivity index (χ3n) is 4.22. The highest BCUT2D eigenvalue weighted by atomic mass is 16.2. The Labute approximate surface area is 102 Å². The van der Waals surface area contributed by atoms with E-state index in [-0.39, 0.29) is 18.0 Å². The molecule has 0 aliphatic carbocycles. The van der Waals surface area contributed by atoms with Crippen LogP contribution in [0.15, 0.2) is 0 Å². The molecule has 2 aliphatic rings. The van der Waals surface area contributed by atoms with Gasteiger partial charge in [0.1, 0.15) is 6.54 Å². The summed E-state index contributed by atoms with van der Waals surface area (Å²) in [5.41, 5.74) is 0.0676. The highest BCUT2D eigenvalue weighted by Crippen LogP contribution is 2.40. The first-order chi connectivity index (χ1) is 8.05. The molecule has 0 spiro atoms. The van der Waals surface area contributed by atoms with Gasteiger partial charge in [0, 0.05) is 18.6 Å². The van der Waals surface area contributed by atoms with Gasteiger partial charge in [-0.15, -0.1) is 0 Å². The van der Waals surface area contributed by atoms with E-state index in [0.29, 0.717) is 18.4 Å². The summed E-state index contributed by atoms with van der Waals surface area (Å²) in [7, 11) is 0. The number of nitriles is 1. The van der Waals surface area contributed by atoms with Crippen LogP contribution in [0.3, 0.4) is 0 Å². The lowest BCUT2D eigenvalue weighted by atomic mass is 9.85. The summed E-state index contributed by atoms with van der Waals surface area (Å²) in [6.45, 7) is 8.01. The second-order valence-corrected chi connectivity index (χ2v) is 5.49. The van der Waals surface area contributed by atoms with E-state index in [1.54, 1.807) is 0 Å². The molecular formula is C12H20N4O. The van der Waals surface area contributed by atoms with Crippen molar-refractivity contribution < 1.29 is 4.79 Å². The average Bonchev–Trinajstić information content (AvgIpc) is 2.81. The first-order valence-corrected chi connectivity index (χ1v) is 6.15. The fourth-order valence-corrected chi connectivity index (χ4v) is 3.14. The van der Waals surface area contributed by atoms with Crippen molar-refractivity contribution in [2.45, 2.75) is 19.4 Å². The first-order valence-electron chi connectivity index (χ1n) is 6.15. The van der Waals surface area contributed by atoms with Crippen LogP contribution in [-0.4, -0.2) is 49.1 Å². The third kappa shape index (κ3) is 2.28. The number of carbonyl (C=O) groups excluding carboxylic acids is 1. The van der Waals surface area contributed by atoms with E-state index in [2.05, 4.69) is 29.4 Å². The number of carbonyl (C=O) groups is 1. The van der Waals surface area contributed by atoms with Crippen molar-refractivity contribution in [3.63, 3.8) is 0 Å². The predicted molar refractivity (Wildman–Crippen MR) is 64.1 cm³/mol. The molecule has 5 nitrogen and oxygen atoms in total. The maximum absolute atomic E-state index is 11.6. The van der Waals surface area contributed by atoms with E-state index in [4.69, 9.17) is 5.26 Å². The maximum atomic E-state index is 11.6. The molecule has 2 N–H and O–H groups in total. The monoisotopic (exact) mass is 236 g/mol. The maximum Gasteiger partial charge on any atom is 0.235 e. The Morgan fingerprint density at radius 2 is 2.35 bits per heavy atom. The van der Waals surface area contributed by atoms with Gasteiger partial charge in [-0.3, -0.25) is 9.69 Å². The number of rotatable bonds is 3. The summed E-state index contributed by atoms with van der Waals surface area (Å²) in [6, 6.07) is 1.92. The van der Waals surface area contributed by atoms with Gasteiger partial charge in [0.05, 0.1) is 12.6 Å². The van der Waals surface area contributed by atoms with Crippen LogP contribution in [0.5, 0.6) is 0 Å². The molecule has 2 heterocycles. The molecule has 0 aromatic carbocycles. The van der Waals surface area contributed by atoms with Crippen LogP contribution in [0, 0.1) is 23.2 Å². The molecule has 0 radical (unpaired) electrons. The zero-order valence-corrected chi connectivity index (χ0v) is 10.5. The smallest absolute Gasteiger partial charge is 0.235 e. The van der Waals surface area contributed by atoms with E-state index in [0.717, 1.165) is 19.6 Å². The number of hydrogen-bond donors (Lipinski definition) is 2. The third-order valence-corrected chi connectivity index (χ3v) is 4.22. The molecular weight excluding hydrogens is 216 g/mol. The van der Waals surface area contributed by atoms with Crippen molar-refractivity contribution in [1.82, 2.24) is 15.5 Å². The van der Waals surface area contributed by atoms with Gasteiger partial charge >= 0.3 is 0 Å². The molecule has 2 aliphatic heterocycles. The topological polar surface area (TPSA) is 68.2 Å². The Hall–Kier alpha value is -1.12. The molecule has 0 aromatic heterocycles. The van der Waals surface area contributed by atoms with Crippen LogP contribution in [0.1, 0.15) is 13.8 Å². The Morgan fingerprint density at radius 3 is 3.00 bits per heavy atom. The van der Waals surface area contributed by atoms with Gasteiger partial charge in [-0.05, 0) is 32.2 Å². The lowest BCUT2D eigenvalue weighted by Crippen LogP contribution is -2.48. The number of fused-ring (bicyclic) bond motifs is 1. The second-order valence-electron chi connectivity index (χ2n) is 5.49. The minimum Gasteiger partial charge on any atom is -0.342 e. The molecule has 2 rings (SSSR count). The van der Waals surface area contributed by atoms with E-state index in [9.17, 15) is 4.79 Å². The Morgan fingerprint density at radius 1 is 1.59 bits per heavy atom. The number of amides is 1. The molecule has 2 atom stereocenters. The first kappa shape index (κ1) is 12.3. The van der Waals surface area contributed by atoms with E-state index >= 15 is 0 Å². The van der Waals surface area contributed by atoms with Gasteiger partial charge in [0.15, 0.2) is 0 Å². The van der Waals surface area contributed by atoms with Crippen LogP contribution in [0.2, 0.25) is 0 Å². The number of nitrogens with zero attached hydrogens (tertiary/aromatic N) is 2. The summed E-state index contributed by atoms with van der Waals surface area (Å²) >= 11 is 0. The summed E-state index contributed by atoms with van der Waals surface area (Å²) in [5, 5.41) is 14.4. The zero-order chi connectivity index (χ0) is 12.5. The second kappa shape index (κ2) is 4.63.